The molecule has 3 aliphatic rings. The molecular weight excluding hydrogens is 504 g/mol. The number of urea groups is 1. The van der Waals surface area contributed by atoms with Crippen molar-refractivity contribution in [3.05, 3.63) is 65.0 Å². The Morgan fingerprint density at radius 2 is 1.85 bits per heavy atom. The lowest BCUT2D eigenvalue weighted by Gasteiger charge is -2.39. The van der Waals surface area contributed by atoms with E-state index in [-0.39, 0.29) is 23.4 Å². The summed E-state index contributed by atoms with van der Waals surface area (Å²) in [6.07, 6.45) is 4.38. The molecule has 1 fully saturated rings. The highest BCUT2D eigenvalue weighted by Gasteiger charge is 2.36. The van der Waals surface area contributed by atoms with Gasteiger partial charge in [-0.3, -0.25) is 9.89 Å². The quantitative estimate of drug-likeness (QED) is 0.519. The van der Waals surface area contributed by atoms with Gasteiger partial charge in [-0.2, -0.15) is 5.10 Å². The maximum Gasteiger partial charge on any atom is 0.322 e. The third-order valence-corrected chi connectivity index (χ3v) is 8.50. The standard InChI is InChI=1S/C30H38N8O2/c1-30(2)19-37(18-22-17-31-34-27(22)30)28(39)21-15-25(35(3)4)33-26(16-21)36-12-10-23(11-13-36)38-14-9-20-7-5-6-8-24(20)32-29(38)40/h5-8,15-17,23H,9-14,18-19H2,1-4H3,(H,31,34)(H,32,40). The molecule has 3 amide bonds. The van der Waals surface area contributed by atoms with Gasteiger partial charge >= 0.3 is 6.03 Å². The van der Waals surface area contributed by atoms with E-state index < -0.39 is 0 Å². The number of nitrogens with zero attached hydrogens (tertiary/aromatic N) is 6. The Hall–Kier alpha value is -4.08. The van der Waals surface area contributed by atoms with Crippen LogP contribution in [0.25, 0.3) is 0 Å². The second kappa shape index (κ2) is 10.1. The second-order valence-corrected chi connectivity index (χ2v) is 12.0. The number of benzene rings is 1. The molecule has 3 aromatic rings. The number of aromatic amines is 1. The van der Waals surface area contributed by atoms with Gasteiger partial charge in [-0.15, -0.1) is 0 Å². The van der Waals surface area contributed by atoms with Crippen LogP contribution in [-0.2, 0) is 18.4 Å². The predicted molar refractivity (Wildman–Crippen MR) is 156 cm³/mol. The molecule has 5 heterocycles. The number of H-pyrrole nitrogens is 1. The van der Waals surface area contributed by atoms with E-state index in [2.05, 4.69) is 40.3 Å². The highest BCUT2D eigenvalue weighted by Crippen LogP contribution is 2.33. The van der Waals surface area contributed by atoms with Crippen LogP contribution in [0.5, 0.6) is 0 Å². The van der Waals surface area contributed by atoms with Crippen molar-refractivity contribution in [1.82, 2.24) is 25.0 Å². The Morgan fingerprint density at radius 3 is 2.62 bits per heavy atom. The molecule has 0 bridgehead atoms. The summed E-state index contributed by atoms with van der Waals surface area (Å²) >= 11 is 0. The SMILES string of the molecule is CN(C)c1cc(C(=O)N2Cc3cn[nH]c3C(C)(C)C2)cc(N2CCC(N3CCc4ccccc4NC3=O)CC2)n1. The van der Waals surface area contributed by atoms with Gasteiger partial charge in [-0.1, -0.05) is 32.0 Å². The molecule has 6 rings (SSSR count). The molecule has 0 unspecified atom stereocenters. The Bertz CT molecular complexity index is 1420. The first-order chi connectivity index (χ1) is 19.2. The van der Waals surface area contributed by atoms with Crippen LogP contribution in [0.15, 0.2) is 42.6 Å². The number of amides is 3. The summed E-state index contributed by atoms with van der Waals surface area (Å²) in [4.78, 5) is 39.9. The number of hydrogen-bond donors (Lipinski definition) is 2. The van der Waals surface area contributed by atoms with E-state index in [9.17, 15) is 9.59 Å². The zero-order chi connectivity index (χ0) is 28.0. The van der Waals surface area contributed by atoms with Crippen LogP contribution in [0.4, 0.5) is 22.1 Å². The molecule has 1 saturated heterocycles. The number of rotatable bonds is 4. The minimum atomic E-state index is -0.205. The molecule has 210 valence electrons. The van der Waals surface area contributed by atoms with Gasteiger partial charge in [-0.05, 0) is 43.0 Å². The fourth-order valence-corrected chi connectivity index (χ4v) is 6.32. The van der Waals surface area contributed by atoms with Gasteiger partial charge in [0.05, 0.1) is 6.20 Å². The van der Waals surface area contributed by atoms with Crippen LogP contribution in [0.2, 0.25) is 0 Å². The number of pyridine rings is 1. The van der Waals surface area contributed by atoms with Crippen molar-refractivity contribution in [2.75, 3.05) is 55.4 Å². The molecular formula is C30H38N8O2. The Kier molecular flexibility index (Phi) is 6.64. The molecule has 0 saturated carbocycles. The van der Waals surface area contributed by atoms with Crippen molar-refractivity contribution in [3.63, 3.8) is 0 Å². The molecule has 10 nitrogen and oxygen atoms in total. The first-order valence-electron chi connectivity index (χ1n) is 14.1. The third kappa shape index (κ3) is 4.87. The maximum atomic E-state index is 13.8. The number of carbonyl (C=O) groups is 2. The summed E-state index contributed by atoms with van der Waals surface area (Å²) in [5.74, 6) is 1.57. The number of nitrogens with one attached hydrogen (secondary N) is 2. The molecule has 0 radical (unpaired) electrons. The lowest BCUT2D eigenvalue weighted by atomic mass is 9.83. The zero-order valence-electron chi connectivity index (χ0n) is 23.8. The summed E-state index contributed by atoms with van der Waals surface area (Å²) in [7, 11) is 3.90. The van der Waals surface area contributed by atoms with E-state index in [1.807, 2.05) is 65.3 Å². The maximum absolute atomic E-state index is 13.8. The summed E-state index contributed by atoms with van der Waals surface area (Å²) in [5, 5.41) is 10.4. The van der Waals surface area contributed by atoms with E-state index in [0.717, 1.165) is 60.9 Å². The largest absolute Gasteiger partial charge is 0.363 e. The fraction of sp³-hybridized carbons (Fsp3) is 0.467. The predicted octanol–water partition coefficient (Wildman–Crippen LogP) is 3.86. The van der Waals surface area contributed by atoms with E-state index >= 15 is 0 Å². The normalized spacial score (nSPS) is 19.0. The van der Waals surface area contributed by atoms with Gasteiger partial charge in [0.2, 0.25) is 0 Å². The molecule has 2 aromatic heterocycles. The van der Waals surface area contributed by atoms with E-state index in [1.165, 1.54) is 5.56 Å². The van der Waals surface area contributed by atoms with Gasteiger partial charge in [0.1, 0.15) is 11.6 Å². The lowest BCUT2D eigenvalue weighted by Crippen LogP contribution is -2.49. The van der Waals surface area contributed by atoms with Gasteiger partial charge in [-0.25, -0.2) is 9.78 Å². The van der Waals surface area contributed by atoms with Crippen molar-refractivity contribution < 1.29 is 9.59 Å². The molecule has 40 heavy (non-hydrogen) atoms. The second-order valence-electron chi connectivity index (χ2n) is 12.0. The van der Waals surface area contributed by atoms with Crippen molar-refractivity contribution in [2.24, 2.45) is 0 Å². The topological polar surface area (TPSA) is 101 Å². The van der Waals surface area contributed by atoms with E-state index in [1.54, 1.807) is 0 Å². The van der Waals surface area contributed by atoms with Crippen LogP contribution in [0, 0.1) is 0 Å². The average Bonchev–Trinajstić information content (AvgIpc) is 3.37. The van der Waals surface area contributed by atoms with Crippen LogP contribution < -0.4 is 15.1 Å². The summed E-state index contributed by atoms with van der Waals surface area (Å²) in [6.45, 7) is 7.69. The zero-order valence-corrected chi connectivity index (χ0v) is 23.8. The minimum Gasteiger partial charge on any atom is -0.363 e. The monoisotopic (exact) mass is 542 g/mol. The van der Waals surface area contributed by atoms with Crippen molar-refractivity contribution in [1.29, 1.82) is 0 Å². The summed E-state index contributed by atoms with van der Waals surface area (Å²) in [5.41, 5.74) is 4.70. The average molecular weight is 543 g/mol. The van der Waals surface area contributed by atoms with Crippen molar-refractivity contribution in [2.45, 2.75) is 51.1 Å². The number of fused-ring (bicyclic) bond motifs is 2. The van der Waals surface area contributed by atoms with Crippen LogP contribution in [-0.4, -0.2) is 83.2 Å². The highest BCUT2D eigenvalue weighted by atomic mass is 16.2. The molecule has 0 atom stereocenters. The van der Waals surface area contributed by atoms with E-state index in [4.69, 9.17) is 4.98 Å². The molecule has 10 heteroatoms. The summed E-state index contributed by atoms with van der Waals surface area (Å²) < 4.78 is 0. The number of aromatic nitrogens is 3. The molecule has 3 aliphatic heterocycles. The molecule has 1 aromatic carbocycles. The first kappa shape index (κ1) is 26.2. The van der Waals surface area contributed by atoms with Crippen LogP contribution in [0.1, 0.15) is 53.9 Å². The number of piperidine rings is 1. The number of anilines is 3. The molecule has 0 aliphatic carbocycles. The van der Waals surface area contributed by atoms with Gasteiger partial charge < -0.3 is 24.9 Å². The fourth-order valence-electron chi connectivity index (χ4n) is 6.32. The number of carbonyl (C=O) groups excluding carboxylic acids is 2. The molecule has 2 N–H and O–H groups in total. The first-order valence-corrected chi connectivity index (χ1v) is 14.1. The Labute approximate surface area is 235 Å². The number of para-hydroxylation sites is 1. The van der Waals surface area contributed by atoms with Gasteiger partial charge in [0, 0.05) is 80.8 Å². The third-order valence-electron chi connectivity index (χ3n) is 8.50. The highest BCUT2D eigenvalue weighted by molar-refractivity contribution is 5.96. The van der Waals surface area contributed by atoms with Gasteiger partial charge in [0.25, 0.3) is 5.91 Å². The lowest BCUT2D eigenvalue weighted by molar-refractivity contribution is 0.0684. The van der Waals surface area contributed by atoms with Gasteiger partial charge in [0.15, 0.2) is 0 Å². The van der Waals surface area contributed by atoms with Crippen molar-refractivity contribution in [3.8, 4) is 0 Å². The summed E-state index contributed by atoms with van der Waals surface area (Å²) in [6, 6.07) is 12.0. The number of hydrogen-bond acceptors (Lipinski definition) is 6. The smallest absolute Gasteiger partial charge is 0.322 e. The van der Waals surface area contributed by atoms with E-state index in [0.29, 0.717) is 25.2 Å². The van der Waals surface area contributed by atoms with Crippen LogP contribution >= 0.6 is 0 Å². The van der Waals surface area contributed by atoms with Crippen molar-refractivity contribution >= 4 is 29.3 Å². The Balaban J connectivity index is 1.18. The van der Waals surface area contributed by atoms with Crippen LogP contribution in [0.3, 0.4) is 0 Å². The minimum absolute atomic E-state index is 0.00219. The molecule has 0 spiro atoms. The Morgan fingerprint density at radius 1 is 1.07 bits per heavy atom.